The molecule has 24 heavy (non-hydrogen) atoms. The Balaban J connectivity index is 2.72. The molecule has 1 aliphatic rings. The van der Waals surface area contributed by atoms with Crippen molar-refractivity contribution in [3.8, 4) is 0 Å². The first kappa shape index (κ1) is 21.4. The molecule has 0 saturated carbocycles. The summed E-state index contributed by atoms with van der Waals surface area (Å²) in [5, 5.41) is 0. The van der Waals surface area contributed by atoms with E-state index in [-0.39, 0.29) is 5.57 Å². The van der Waals surface area contributed by atoms with Gasteiger partial charge in [-0.3, -0.25) is 0 Å². The summed E-state index contributed by atoms with van der Waals surface area (Å²) in [5.74, 6) is 0.808. The Labute approximate surface area is 154 Å². The van der Waals surface area contributed by atoms with Crippen molar-refractivity contribution >= 4 is 35.5 Å². The molecule has 0 N–H and O–H groups in total. The lowest BCUT2D eigenvalue weighted by Gasteiger charge is -2.12. The predicted molar refractivity (Wildman–Crippen MR) is 102 cm³/mol. The third-order valence-corrected chi connectivity index (χ3v) is 6.20. The van der Waals surface area contributed by atoms with E-state index in [1.807, 2.05) is 0 Å². The predicted octanol–water partition coefficient (Wildman–Crippen LogP) is 4.93. The van der Waals surface area contributed by atoms with Gasteiger partial charge in [0.15, 0.2) is 5.57 Å². The molecule has 0 spiro atoms. The monoisotopic (exact) mass is 374 g/mol. The van der Waals surface area contributed by atoms with E-state index >= 15 is 0 Å². The maximum Gasteiger partial charge on any atom is 0.347 e. The van der Waals surface area contributed by atoms with Gasteiger partial charge < -0.3 is 9.47 Å². The first-order valence-corrected chi connectivity index (χ1v) is 11.0. The Kier molecular flexibility index (Phi) is 12.2. The van der Waals surface area contributed by atoms with Gasteiger partial charge in [0, 0.05) is 0 Å². The number of esters is 2. The van der Waals surface area contributed by atoms with E-state index < -0.39 is 11.9 Å². The number of unbranched alkanes of at least 4 members (excludes halogenated alkanes) is 4. The summed E-state index contributed by atoms with van der Waals surface area (Å²) in [5.41, 5.74) is 0.111. The van der Waals surface area contributed by atoms with E-state index in [2.05, 4.69) is 13.8 Å². The highest BCUT2D eigenvalue weighted by Crippen LogP contribution is 2.36. The van der Waals surface area contributed by atoms with E-state index in [0.29, 0.717) is 13.2 Å². The normalized spacial score (nSPS) is 14.8. The summed E-state index contributed by atoms with van der Waals surface area (Å²) < 4.78 is 11.4. The minimum atomic E-state index is -0.525. The number of hydrogen-bond donors (Lipinski definition) is 0. The Morgan fingerprint density at radius 1 is 0.833 bits per heavy atom. The van der Waals surface area contributed by atoms with Gasteiger partial charge in [-0.25, -0.2) is 9.59 Å². The molecule has 1 heterocycles. The molecule has 0 bridgehead atoms. The molecule has 0 aliphatic carbocycles. The van der Waals surface area contributed by atoms with Crippen LogP contribution in [0.2, 0.25) is 0 Å². The van der Waals surface area contributed by atoms with Gasteiger partial charge in [0.25, 0.3) is 0 Å². The minimum Gasteiger partial charge on any atom is -0.462 e. The Morgan fingerprint density at radius 3 is 1.71 bits per heavy atom. The zero-order valence-corrected chi connectivity index (χ0v) is 16.6. The molecular formula is C18H30O4S2. The molecule has 1 rings (SSSR count). The quantitative estimate of drug-likeness (QED) is 0.178. The smallest absolute Gasteiger partial charge is 0.347 e. The Hall–Kier alpha value is -0.620. The third-order valence-electron chi connectivity index (χ3n) is 3.58. The molecular weight excluding hydrogens is 344 g/mol. The van der Waals surface area contributed by atoms with Crippen molar-refractivity contribution < 1.29 is 19.1 Å². The number of ether oxygens (including phenoxy) is 2. The fourth-order valence-electron chi connectivity index (χ4n) is 2.15. The largest absolute Gasteiger partial charge is 0.462 e. The fourth-order valence-corrected chi connectivity index (χ4v) is 4.67. The second kappa shape index (κ2) is 13.6. The van der Waals surface area contributed by atoms with Crippen molar-refractivity contribution in [2.24, 2.45) is 0 Å². The van der Waals surface area contributed by atoms with Crippen molar-refractivity contribution in [1.82, 2.24) is 0 Å². The van der Waals surface area contributed by atoms with Crippen LogP contribution >= 0.6 is 23.5 Å². The molecule has 1 fully saturated rings. The molecule has 6 heteroatoms. The van der Waals surface area contributed by atoms with Crippen LogP contribution in [0.4, 0.5) is 0 Å². The highest BCUT2D eigenvalue weighted by atomic mass is 32.2. The SMILES string of the molecule is CCCCCOC(=O)C(C(=O)OCCCCC)=C1SCCCCS1. The number of rotatable bonds is 10. The van der Waals surface area contributed by atoms with Crippen LogP contribution in [0.5, 0.6) is 0 Å². The van der Waals surface area contributed by atoms with Crippen molar-refractivity contribution in [1.29, 1.82) is 0 Å². The van der Waals surface area contributed by atoms with Crippen molar-refractivity contribution in [3.05, 3.63) is 9.81 Å². The number of carbonyl (C=O) groups excluding carboxylic acids is 2. The molecule has 0 aromatic rings. The van der Waals surface area contributed by atoms with Gasteiger partial charge in [-0.2, -0.15) is 0 Å². The second-order valence-electron chi connectivity index (χ2n) is 5.75. The van der Waals surface area contributed by atoms with Crippen LogP contribution in [0.3, 0.4) is 0 Å². The van der Waals surface area contributed by atoms with Crippen LogP contribution in [0.25, 0.3) is 0 Å². The molecule has 0 aromatic heterocycles. The molecule has 0 aromatic carbocycles. The van der Waals surface area contributed by atoms with Gasteiger partial charge in [0.2, 0.25) is 0 Å². The van der Waals surface area contributed by atoms with Crippen LogP contribution < -0.4 is 0 Å². The number of carbonyl (C=O) groups is 2. The van der Waals surface area contributed by atoms with E-state index in [9.17, 15) is 9.59 Å². The van der Waals surface area contributed by atoms with Crippen LogP contribution in [-0.2, 0) is 19.1 Å². The summed E-state index contributed by atoms with van der Waals surface area (Å²) in [6.07, 6.45) is 8.03. The highest BCUT2D eigenvalue weighted by molar-refractivity contribution is 8.22. The maximum absolute atomic E-state index is 12.4. The van der Waals surface area contributed by atoms with Gasteiger partial charge in [0.05, 0.1) is 17.5 Å². The molecule has 4 nitrogen and oxygen atoms in total. The summed E-state index contributed by atoms with van der Waals surface area (Å²) in [4.78, 5) is 24.9. The summed E-state index contributed by atoms with van der Waals surface area (Å²) in [6, 6.07) is 0. The van der Waals surface area contributed by atoms with Crippen molar-refractivity contribution in [2.75, 3.05) is 24.7 Å². The van der Waals surface area contributed by atoms with Crippen molar-refractivity contribution in [2.45, 2.75) is 65.2 Å². The zero-order valence-electron chi connectivity index (χ0n) is 14.9. The van der Waals surface area contributed by atoms with Crippen LogP contribution in [0, 0.1) is 0 Å². The molecule has 1 saturated heterocycles. The maximum atomic E-state index is 12.4. The summed E-state index contributed by atoms with van der Waals surface area (Å²) in [6.45, 7) is 4.92. The average molecular weight is 375 g/mol. The molecule has 1 aliphatic heterocycles. The molecule has 138 valence electrons. The molecule has 0 radical (unpaired) electrons. The zero-order chi connectivity index (χ0) is 17.6. The van der Waals surface area contributed by atoms with E-state index in [1.54, 1.807) is 23.5 Å². The lowest BCUT2D eigenvalue weighted by atomic mass is 10.2. The van der Waals surface area contributed by atoms with Gasteiger partial charge in [-0.1, -0.05) is 39.5 Å². The van der Waals surface area contributed by atoms with Crippen LogP contribution in [0.1, 0.15) is 65.2 Å². The standard InChI is InChI=1S/C18H30O4S2/c1-3-5-7-11-21-16(19)15(17(20)22-12-8-6-4-2)18-23-13-9-10-14-24-18/h3-14H2,1-2H3. The van der Waals surface area contributed by atoms with Gasteiger partial charge >= 0.3 is 11.9 Å². The Morgan fingerprint density at radius 2 is 1.29 bits per heavy atom. The second-order valence-corrected chi connectivity index (χ2v) is 8.22. The average Bonchev–Trinajstić information content (AvgIpc) is 2.85. The minimum absolute atomic E-state index is 0.111. The molecule has 0 unspecified atom stereocenters. The topological polar surface area (TPSA) is 52.6 Å². The van der Waals surface area contributed by atoms with E-state index in [4.69, 9.17) is 9.47 Å². The van der Waals surface area contributed by atoms with E-state index in [0.717, 1.165) is 67.1 Å². The first-order valence-electron chi connectivity index (χ1n) is 9.04. The lowest BCUT2D eigenvalue weighted by molar-refractivity contribution is -0.147. The van der Waals surface area contributed by atoms with E-state index in [1.165, 1.54) is 0 Å². The summed E-state index contributed by atoms with van der Waals surface area (Å²) >= 11 is 3.15. The first-order chi connectivity index (χ1) is 11.7. The lowest BCUT2D eigenvalue weighted by Crippen LogP contribution is -2.20. The Bertz CT molecular complexity index is 385. The summed E-state index contributed by atoms with van der Waals surface area (Å²) in [7, 11) is 0. The van der Waals surface area contributed by atoms with Crippen molar-refractivity contribution in [3.63, 3.8) is 0 Å². The number of hydrogen-bond acceptors (Lipinski definition) is 6. The van der Waals surface area contributed by atoms with Crippen LogP contribution in [-0.4, -0.2) is 36.7 Å². The fraction of sp³-hybridized carbons (Fsp3) is 0.778. The third kappa shape index (κ3) is 8.47. The van der Waals surface area contributed by atoms with Gasteiger partial charge in [0.1, 0.15) is 0 Å². The van der Waals surface area contributed by atoms with Gasteiger partial charge in [-0.05, 0) is 37.2 Å². The molecule has 0 amide bonds. The number of thioether (sulfide) groups is 2. The van der Waals surface area contributed by atoms with Crippen LogP contribution in [0.15, 0.2) is 9.81 Å². The highest BCUT2D eigenvalue weighted by Gasteiger charge is 2.27. The van der Waals surface area contributed by atoms with Gasteiger partial charge in [-0.15, -0.1) is 23.5 Å². The molecule has 0 atom stereocenters.